The third-order valence-electron chi connectivity index (χ3n) is 1.34. The van der Waals surface area contributed by atoms with Crippen LogP contribution in [-0.4, -0.2) is 48.8 Å². The lowest BCUT2D eigenvalue weighted by molar-refractivity contribution is -0.876. The molecule has 80 valence electrons. The Morgan fingerprint density at radius 1 is 1.46 bits per heavy atom. The molecule has 0 bridgehead atoms. The van der Waals surface area contributed by atoms with Gasteiger partial charge in [-0.15, -0.1) is 12.4 Å². The second-order valence-corrected chi connectivity index (χ2v) is 4.49. The molecule has 5 heteroatoms. The van der Waals surface area contributed by atoms with Crippen LogP contribution in [0.5, 0.6) is 0 Å². The molecule has 0 heterocycles. The van der Waals surface area contributed by atoms with Crippen molar-refractivity contribution in [1.29, 1.82) is 0 Å². The molecule has 0 spiro atoms. The minimum Gasteiger partial charge on any atom is -0.550 e. The summed E-state index contributed by atoms with van der Waals surface area (Å²) in [5, 5.41) is 19.8. The molecular weight excluding hydrogens is 194 g/mol. The van der Waals surface area contributed by atoms with E-state index in [0.29, 0.717) is 11.0 Å². The Hall–Kier alpha value is -0.320. The first-order valence-electron chi connectivity index (χ1n) is 3.85. The lowest BCUT2D eigenvalue weighted by Gasteiger charge is -2.33. The lowest BCUT2D eigenvalue weighted by atomic mass is 10.0. The lowest BCUT2D eigenvalue weighted by Crippen LogP contribution is -2.50. The third-order valence-corrected chi connectivity index (χ3v) is 1.34. The predicted octanol–water partition coefficient (Wildman–Crippen LogP) is -0.995. The van der Waals surface area contributed by atoms with Gasteiger partial charge in [0.2, 0.25) is 0 Å². The van der Waals surface area contributed by atoms with Crippen LogP contribution in [0.1, 0.15) is 13.3 Å². The molecule has 0 fully saturated rings. The highest BCUT2D eigenvalue weighted by molar-refractivity contribution is 5.85. The number of quaternary nitrogens is 1. The molecule has 0 aromatic carbocycles. The van der Waals surface area contributed by atoms with E-state index in [1.54, 1.807) is 0 Å². The highest BCUT2D eigenvalue weighted by Gasteiger charge is 2.28. The molecule has 0 rings (SSSR count). The quantitative estimate of drug-likeness (QED) is 0.608. The molecule has 0 saturated heterocycles. The third kappa shape index (κ3) is 9.60. The predicted molar refractivity (Wildman–Crippen MR) is 50.4 cm³/mol. The van der Waals surface area contributed by atoms with Crippen molar-refractivity contribution < 1.29 is 19.5 Å². The van der Waals surface area contributed by atoms with E-state index in [2.05, 4.69) is 0 Å². The molecule has 0 amide bonds. The molecule has 0 aliphatic rings. The standard InChI is InChI=1S/C8H17NO3.ClH/c1-8(12,5-7(10)11)6-9(2,3)4;/h12H,5-6H2,1-4H3;1H/t8-;/m1./s1. The Labute approximate surface area is 85.2 Å². The number of carboxylic acid groups (broad SMARTS) is 1. The van der Waals surface area contributed by atoms with Crippen LogP contribution in [0.4, 0.5) is 0 Å². The Bertz CT molecular complexity index is 175. The fourth-order valence-electron chi connectivity index (χ4n) is 1.39. The first-order valence-corrected chi connectivity index (χ1v) is 3.85. The maximum absolute atomic E-state index is 10.2. The van der Waals surface area contributed by atoms with Crippen molar-refractivity contribution in [3.8, 4) is 0 Å². The fraction of sp³-hybridized carbons (Fsp3) is 0.875. The van der Waals surface area contributed by atoms with Gasteiger partial charge in [0.25, 0.3) is 0 Å². The number of carbonyl (C=O) groups is 1. The number of aliphatic carboxylic acids is 1. The first kappa shape index (κ1) is 15.2. The van der Waals surface area contributed by atoms with Crippen LogP contribution in [0.2, 0.25) is 0 Å². The van der Waals surface area contributed by atoms with Crippen LogP contribution >= 0.6 is 12.4 Å². The summed E-state index contributed by atoms with van der Waals surface area (Å²) in [6, 6.07) is 0. The van der Waals surface area contributed by atoms with E-state index in [4.69, 9.17) is 0 Å². The molecule has 1 atom stereocenters. The van der Waals surface area contributed by atoms with Crippen molar-refractivity contribution in [3.63, 3.8) is 0 Å². The zero-order valence-corrected chi connectivity index (χ0v) is 9.35. The summed E-state index contributed by atoms with van der Waals surface area (Å²) < 4.78 is 0.528. The Balaban J connectivity index is 0. The highest BCUT2D eigenvalue weighted by Crippen LogP contribution is 2.12. The average molecular weight is 212 g/mol. The zero-order valence-electron chi connectivity index (χ0n) is 8.53. The normalized spacial score (nSPS) is 15.8. The second kappa shape index (κ2) is 4.79. The van der Waals surface area contributed by atoms with Gasteiger partial charge >= 0.3 is 0 Å². The summed E-state index contributed by atoms with van der Waals surface area (Å²) in [6.07, 6.45) is -0.317. The number of hydrogen-bond acceptors (Lipinski definition) is 3. The van der Waals surface area contributed by atoms with Crippen molar-refractivity contribution in [1.82, 2.24) is 0 Å². The van der Waals surface area contributed by atoms with E-state index in [1.807, 2.05) is 21.1 Å². The number of halogens is 1. The van der Waals surface area contributed by atoms with Gasteiger partial charge in [0, 0.05) is 12.4 Å². The molecule has 0 unspecified atom stereocenters. The maximum atomic E-state index is 10.2. The summed E-state index contributed by atoms with van der Waals surface area (Å²) in [7, 11) is 5.68. The minimum atomic E-state index is -1.21. The Kier molecular flexibility index (Phi) is 5.59. The van der Waals surface area contributed by atoms with Gasteiger partial charge < -0.3 is 19.5 Å². The van der Waals surface area contributed by atoms with Crippen LogP contribution in [-0.2, 0) is 4.79 Å². The smallest absolute Gasteiger partial charge is 0.116 e. The number of hydrogen-bond donors (Lipinski definition) is 1. The number of rotatable bonds is 4. The SMILES string of the molecule is C[C@@](O)(CC(=O)[O-])C[N+](C)(C)C.Cl. The van der Waals surface area contributed by atoms with Gasteiger partial charge in [-0.1, -0.05) is 0 Å². The summed E-state index contributed by atoms with van der Waals surface area (Å²) in [5.74, 6) is -1.21. The van der Waals surface area contributed by atoms with Gasteiger partial charge in [0.15, 0.2) is 0 Å². The monoisotopic (exact) mass is 211 g/mol. The molecule has 0 aliphatic heterocycles. The van der Waals surface area contributed by atoms with Crippen LogP contribution in [0.3, 0.4) is 0 Å². The van der Waals surface area contributed by atoms with Crippen molar-refractivity contribution in [3.05, 3.63) is 0 Å². The van der Waals surface area contributed by atoms with Gasteiger partial charge in [-0.05, 0) is 6.92 Å². The highest BCUT2D eigenvalue weighted by atomic mass is 35.5. The molecule has 13 heavy (non-hydrogen) atoms. The molecule has 0 aliphatic carbocycles. The van der Waals surface area contributed by atoms with Crippen molar-refractivity contribution >= 4 is 18.4 Å². The first-order chi connectivity index (χ1) is 5.12. The molecule has 1 N–H and O–H groups in total. The number of carbonyl (C=O) groups excluding carboxylic acids is 1. The number of likely N-dealkylation sites (N-methyl/N-ethyl adjacent to an activating group) is 1. The van der Waals surface area contributed by atoms with E-state index in [9.17, 15) is 15.0 Å². The zero-order chi connectivity index (χ0) is 9.99. The van der Waals surface area contributed by atoms with Gasteiger partial charge in [-0.2, -0.15) is 0 Å². The maximum Gasteiger partial charge on any atom is 0.116 e. The second-order valence-electron chi connectivity index (χ2n) is 4.49. The van der Waals surface area contributed by atoms with Crippen LogP contribution in [0.15, 0.2) is 0 Å². The van der Waals surface area contributed by atoms with Crippen LogP contribution < -0.4 is 5.11 Å². The molecule has 0 saturated carbocycles. The molecule has 0 radical (unpaired) electrons. The van der Waals surface area contributed by atoms with Gasteiger partial charge in [0.05, 0.1) is 21.1 Å². The molecular formula is C8H18ClNO3. The average Bonchev–Trinajstić information content (AvgIpc) is 1.48. The van der Waals surface area contributed by atoms with Gasteiger partial charge in [-0.25, -0.2) is 0 Å². The molecule has 0 aromatic heterocycles. The van der Waals surface area contributed by atoms with Crippen LogP contribution in [0, 0.1) is 0 Å². The minimum absolute atomic E-state index is 0. The number of aliphatic hydroxyl groups is 1. The summed E-state index contributed by atoms with van der Waals surface area (Å²) in [5.41, 5.74) is -1.18. The van der Waals surface area contributed by atoms with Crippen molar-refractivity contribution in [2.45, 2.75) is 18.9 Å². The summed E-state index contributed by atoms with van der Waals surface area (Å²) in [4.78, 5) is 10.2. The van der Waals surface area contributed by atoms with E-state index in [0.717, 1.165) is 0 Å². The number of nitrogens with zero attached hydrogens (tertiary/aromatic N) is 1. The van der Waals surface area contributed by atoms with E-state index in [-0.39, 0.29) is 18.8 Å². The fourth-order valence-corrected chi connectivity index (χ4v) is 1.39. The molecule has 4 nitrogen and oxygen atoms in total. The van der Waals surface area contributed by atoms with E-state index in [1.165, 1.54) is 6.92 Å². The summed E-state index contributed by atoms with van der Waals surface area (Å²) >= 11 is 0. The van der Waals surface area contributed by atoms with E-state index >= 15 is 0 Å². The number of carboxylic acids is 1. The van der Waals surface area contributed by atoms with Crippen LogP contribution in [0.25, 0.3) is 0 Å². The summed E-state index contributed by atoms with van der Waals surface area (Å²) in [6.45, 7) is 1.90. The van der Waals surface area contributed by atoms with Crippen molar-refractivity contribution in [2.24, 2.45) is 0 Å². The topological polar surface area (TPSA) is 60.4 Å². The Morgan fingerprint density at radius 2 is 1.85 bits per heavy atom. The molecule has 0 aromatic rings. The van der Waals surface area contributed by atoms with Gasteiger partial charge in [-0.3, -0.25) is 0 Å². The Morgan fingerprint density at radius 3 is 2.08 bits per heavy atom. The largest absolute Gasteiger partial charge is 0.550 e. The van der Waals surface area contributed by atoms with Gasteiger partial charge in [0.1, 0.15) is 12.1 Å². The van der Waals surface area contributed by atoms with E-state index < -0.39 is 11.6 Å². The van der Waals surface area contributed by atoms with Crippen molar-refractivity contribution in [2.75, 3.05) is 27.7 Å².